The number of ether oxygens (including phenoxy) is 1. The Labute approximate surface area is 95.4 Å². The van der Waals surface area contributed by atoms with E-state index in [9.17, 15) is 5.11 Å². The second-order valence-electron chi connectivity index (χ2n) is 4.45. The Kier molecular flexibility index (Phi) is 3.03. The summed E-state index contributed by atoms with van der Waals surface area (Å²) >= 11 is 0. The lowest BCUT2D eigenvalue weighted by molar-refractivity contribution is 0.0382. The van der Waals surface area contributed by atoms with E-state index in [0.29, 0.717) is 26.2 Å². The molecule has 1 aromatic carbocycles. The topological polar surface area (TPSA) is 67.5 Å². The number of anilines is 2. The summed E-state index contributed by atoms with van der Waals surface area (Å²) in [6.45, 7) is 3.50. The van der Waals surface area contributed by atoms with Crippen LogP contribution >= 0.6 is 0 Å². The highest BCUT2D eigenvalue weighted by molar-refractivity contribution is 5.58. The number of nitrogens with one attached hydrogen (secondary N) is 1. The predicted octanol–water partition coefficient (Wildman–Crippen LogP) is 1.14. The Bertz CT molecular complexity index is 373. The number of nitrogens with two attached hydrogens (primary N) is 1. The van der Waals surface area contributed by atoms with Crippen molar-refractivity contribution in [2.45, 2.75) is 18.9 Å². The Morgan fingerprint density at radius 2 is 2.38 bits per heavy atom. The fourth-order valence-corrected chi connectivity index (χ4v) is 1.75. The van der Waals surface area contributed by atoms with Gasteiger partial charge in [-0.05, 0) is 24.6 Å². The molecule has 1 saturated heterocycles. The van der Waals surface area contributed by atoms with Gasteiger partial charge >= 0.3 is 0 Å². The number of rotatable bonds is 3. The van der Waals surface area contributed by atoms with Crippen molar-refractivity contribution in [1.29, 1.82) is 0 Å². The van der Waals surface area contributed by atoms with E-state index in [1.165, 1.54) is 0 Å². The second kappa shape index (κ2) is 4.31. The first-order valence-electron chi connectivity index (χ1n) is 5.49. The van der Waals surface area contributed by atoms with Crippen molar-refractivity contribution in [2.24, 2.45) is 0 Å². The molecule has 1 unspecified atom stereocenters. The van der Waals surface area contributed by atoms with E-state index < -0.39 is 5.60 Å². The monoisotopic (exact) mass is 222 g/mol. The van der Waals surface area contributed by atoms with Gasteiger partial charge in [0.1, 0.15) is 5.60 Å². The first-order valence-corrected chi connectivity index (χ1v) is 5.49. The normalized spacial score (nSPS) is 24.6. The molecular weight excluding hydrogens is 204 g/mol. The molecule has 0 spiro atoms. The highest BCUT2D eigenvalue weighted by Gasteiger charge is 2.31. The van der Waals surface area contributed by atoms with Crippen molar-refractivity contribution >= 4 is 11.4 Å². The summed E-state index contributed by atoms with van der Waals surface area (Å²) in [5.74, 6) is 0. The van der Waals surface area contributed by atoms with Gasteiger partial charge in [-0.1, -0.05) is 6.07 Å². The third kappa shape index (κ3) is 2.46. The molecule has 0 radical (unpaired) electrons. The summed E-state index contributed by atoms with van der Waals surface area (Å²) in [5, 5.41) is 13.2. The molecule has 1 aromatic rings. The average Bonchev–Trinajstić information content (AvgIpc) is 2.68. The molecular formula is C12H18N2O2. The molecule has 16 heavy (non-hydrogen) atoms. The fraction of sp³-hybridized carbons (Fsp3) is 0.500. The molecule has 0 amide bonds. The van der Waals surface area contributed by atoms with Gasteiger partial charge in [0, 0.05) is 30.9 Å². The van der Waals surface area contributed by atoms with Gasteiger partial charge in [0.25, 0.3) is 0 Å². The second-order valence-corrected chi connectivity index (χ2v) is 4.45. The lowest BCUT2D eigenvalue weighted by atomic mass is 10.0. The molecule has 4 N–H and O–H groups in total. The van der Waals surface area contributed by atoms with Gasteiger partial charge in [0.05, 0.1) is 6.61 Å². The smallest absolute Gasteiger partial charge is 0.107 e. The van der Waals surface area contributed by atoms with Crippen LogP contribution in [0.25, 0.3) is 0 Å². The van der Waals surface area contributed by atoms with Gasteiger partial charge in [-0.3, -0.25) is 0 Å². The van der Waals surface area contributed by atoms with E-state index in [2.05, 4.69) is 5.32 Å². The number of hydrogen-bond acceptors (Lipinski definition) is 4. The fourth-order valence-electron chi connectivity index (χ4n) is 1.75. The molecule has 1 aliphatic rings. The zero-order valence-corrected chi connectivity index (χ0v) is 9.49. The Morgan fingerprint density at radius 3 is 3.00 bits per heavy atom. The standard InChI is InChI=1S/C12H18N2O2/c1-9-2-3-10(6-11(9)13)14-7-12(15)4-5-16-8-12/h2-3,6,14-15H,4-5,7-8,13H2,1H3. The lowest BCUT2D eigenvalue weighted by Gasteiger charge is -2.21. The number of aliphatic hydroxyl groups is 1. The van der Waals surface area contributed by atoms with Gasteiger partial charge in [0.2, 0.25) is 0 Å². The van der Waals surface area contributed by atoms with Crippen LogP contribution in [0.15, 0.2) is 18.2 Å². The third-order valence-corrected chi connectivity index (χ3v) is 2.98. The van der Waals surface area contributed by atoms with Gasteiger partial charge < -0.3 is 20.9 Å². The quantitative estimate of drug-likeness (QED) is 0.671. The Hall–Kier alpha value is -1.26. The Balaban J connectivity index is 1.96. The molecule has 0 aromatic heterocycles. The van der Waals surface area contributed by atoms with Crippen LogP contribution in [0, 0.1) is 6.92 Å². The number of nitrogen functional groups attached to an aromatic ring is 1. The third-order valence-electron chi connectivity index (χ3n) is 2.98. The molecule has 4 nitrogen and oxygen atoms in total. The van der Waals surface area contributed by atoms with E-state index in [4.69, 9.17) is 10.5 Å². The van der Waals surface area contributed by atoms with Crippen LogP contribution in [0.5, 0.6) is 0 Å². The molecule has 1 fully saturated rings. The van der Waals surface area contributed by atoms with Crippen molar-refractivity contribution < 1.29 is 9.84 Å². The van der Waals surface area contributed by atoms with E-state index in [1.54, 1.807) is 0 Å². The van der Waals surface area contributed by atoms with Crippen LogP contribution in [-0.2, 0) is 4.74 Å². The van der Waals surface area contributed by atoms with E-state index in [0.717, 1.165) is 16.9 Å². The van der Waals surface area contributed by atoms with Crippen molar-refractivity contribution in [1.82, 2.24) is 0 Å². The molecule has 88 valence electrons. The number of benzene rings is 1. The minimum atomic E-state index is -0.736. The van der Waals surface area contributed by atoms with Crippen LogP contribution in [0.3, 0.4) is 0 Å². The highest BCUT2D eigenvalue weighted by atomic mass is 16.5. The zero-order chi connectivity index (χ0) is 11.6. The molecule has 2 rings (SSSR count). The van der Waals surface area contributed by atoms with Gasteiger partial charge in [-0.25, -0.2) is 0 Å². The van der Waals surface area contributed by atoms with Crippen LogP contribution in [0.1, 0.15) is 12.0 Å². The van der Waals surface area contributed by atoms with Gasteiger partial charge in [-0.2, -0.15) is 0 Å². The summed E-state index contributed by atoms with van der Waals surface area (Å²) in [6.07, 6.45) is 0.682. The Morgan fingerprint density at radius 1 is 1.56 bits per heavy atom. The van der Waals surface area contributed by atoms with Crippen molar-refractivity contribution in [3.05, 3.63) is 23.8 Å². The molecule has 0 aliphatic carbocycles. The van der Waals surface area contributed by atoms with Crippen LogP contribution < -0.4 is 11.1 Å². The van der Waals surface area contributed by atoms with Crippen LogP contribution in [0.4, 0.5) is 11.4 Å². The summed E-state index contributed by atoms with van der Waals surface area (Å²) < 4.78 is 5.18. The van der Waals surface area contributed by atoms with Crippen molar-refractivity contribution in [3.63, 3.8) is 0 Å². The van der Waals surface area contributed by atoms with Gasteiger partial charge in [-0.15, -0.1) is 0 Å². The number of hydrogen-bond donors (Lipinski definition) is 3. The maximum Gasteiger partial charge on any atom is 0.107 e. The van der Waals surface area contributed by atoms with Crippen molar-refractivity contribution in [3.8, 4) is 0 Å². The molecule has 0 bridgehead atoms. The summed E-state index contributed by atoms with van der Waals surface area (Å²) in [4.78, 5) is 0. The summed E-state index contributed by atoms with van der Waals surface area (Å²) in [6, 6.07) is 5.81. The minimum Gasteiger partial charge on any atom is -0.398 e. The summed E-state index contributed by atoms with van der Waals surface area (Å²) in [5.41, 5.74) is 7.83. The van der Waals surface area contributed by atoms with E-state index in [1.807, 2.05) is 25.1 Å². The zero-order valence-electron chi connectivity index (χ0n) is 9.49. The molecule has 1 aliphatic heterocycles. The molecule has 1 atom stereocenters. The van der Waals surface area contributed by atoms with Gasteiger partial charge in [0.15, 0.2) is 0 Å². The molecule has 4 heteroatoms. The largest absolute Gasteiger partial charge is 0.398 e. The van der Waals surface area contributed by atoms with E-state index >= 15 is 0 Å². The van der Waals surface area contributed by atoms with Crippen LogP contribution in [-0.4, -0.2) is 30.5 Å². The molecule has 0 saturated carbocycles. The minimum absolute atomic E-state index is 0.404. The predicted molar refractivity (Wildman–Crippen MR) is 64.5 cm³/mol. The lowest BCUT2D eigenvalue weighted by Crippen LogP contribution is -2.37. The maximum absolute atomic E-state index is 10.1. The average molecular weight is 222 g/mol. The van der Waals surface area contributed by atoms with Crippen LogP contribution in [0.2, 0.25) is 0 Å². The maximum atomic E-state index is 10.1. The first kappa shape index (κ1) is 11.2. The number of aryl methyl sites for hydroxylation is 1. The highest BCUT2D eigenvalue weighted by Crippen LogP contribution is 2.21. The SMILES string of the molecule is Cc1ccc(NCC2(O)CCOC2)cc1N. The molecule has 1 heterocycles. The van der Waals surface area contributed by atoms with Crippen molar-refractivity contribution in [2.75, 3.05) is 30.8 Å². The van der Waals surface area contributed by atoms with E-state index in [-0.39, 0.29) is 0 Å². The summed E-state index contributed by atoms with van der Waals surface area (Å²) in [7, 11) is 0. The first-order chi connectivity index (χ1) is 7.59.